The highest BCUT2D eigenvalue weighted by molar-refractivity contribution is 7.09. The highest BCUT2D eigenvalue weighted by Gasteiger charge is 2.17. The molecule has 1 unspecified atom stereocenters. The molecule has 0 bridgehead atoms. The Morgan fingerprint density at radius 3 is 2.95 bits per heavy atom. The van der Waals surface area contributed by atoms with E-state index in [2.05, 4.69) is 10.3 Å². The lowest BCUT2D eigenvalue weighted by Gasteiger charge is -2.15. The molecule has 0 aliphatic carbocycles. The van der Waals surface area contributed by atoms with Crippen LogP contribution in [-0.2, 0) is 11.8 Å². The lowest BCUT2D eigenvalue weighted by Crippen LogP contribution is -2.41. The van der Waals surface area contributed by atoms with Crippen molar-refractivity contribution in [3.05, 3.63) is 28.3 Å². The zero-order chi connectivity index (χ0) is 15.4. The number of hydrogen-bond donors (Lipinski definition) is 2. The van der Waals surface area contributed by atoms with E-state index in [1.54, 1.807) is 22.0 Å². The second-order valence-corrected chi connectivity index (χ2v) is 5.85. The molecule has 2 aromatic rings. The van der Waals surface area contributed by atoms with Crippen molar-refractivity contribution >= 4 is 17.2 Å². The summed E-state index contributed by atoms with van der Waals surface area (Å²) in [6.45, 7) is 2.05. The van der Waals surface area contributed by atoms with E-state index in [-0.39, 0.29) is 19.1 Å². The van der Waals surface area contributed by atoms with Crippen molar-refractivity contribution in [3.8, 4) is 11.3 Å². The fourth-order valence-electron chi connectivity index (χ4n) is 2.03. The number of rotatable bonds is 6. The standard InChI is InChI=1S/C14H19N3O3S/c1-9-15-12(8-21-9)10-4-13(17(2)5-10)14(19)16-11(6-18)7-20-3/h4-5,8,11,18H,6-7H2,1-3H3,(H,16,19). The maximum absolute atomic E-state index is 12.2. The summed E-state index contributed by atoms with van der Waals surface area (Å²) in [5.41, 5.74) is 2.28. The molecule has 0 fully saturated rings. The Hall–Kier alpha value is -1.70. The first kappa shape index (κ1) is 15.7. The van der Waals surface area contributed by atoms with Gasteiger partial charge in [-0.05, 0) is 13.0 Å². The Bertz CT molecular complexity index is 621. The molecule has 6 nitrogen and oxygen atoms in total. The summed E-state index contributed by atoms with van der Waals surface area (Å²) >= 11 is 1.57. The van der Waals surface area contributed by atoms with Crippen molar-refractivity contribution in [2.75, 3.05) is 20.3 Å². The predicted molar refractivity (Wildman–Crippen MR) is 81.5 cm³/mol. The van der Waals surface area contributed by atoms with E-state index < -0.39 is 6.04 Å². The van der Waals surface area contributed by atoms with Crippen LogP contribution in [-0.4, -0.2) is 46.9 Å². The normalized spacial score (nSPS) is 12.4. The number of hydrogen-bond acceptors (Lipinski definition) is 5. The minimum absolute atomic E-state index is 0.165. The predicted octanol–water partition coefficient (Wildman–Crippen LogP) is 1.19. The van der Waals surface area contributed by atoms with E-state index in [9.17, 15) is 9.90 Å². The van der Waals surface area contributed by atoms with Crippen molar-refractivity contribution in [1.82, 2.24) is 14.9 Å². The zero-order valence-electron chi connectivity index (χ0n) is 12.3. The molecule has 2 aromatic heterocycles. The van der Waals surface area contributed by atoms with Crippen LogP contribution < -0.4 is 5.32 Å². The number of amides is 1. The first-order valence-corrected chi connectivity index (χ1v) is 7.42. The average molecular weight is 309 g/mol. The molecular formula is C14H19N3O3S. The number of nitrogens with zero attached hydrogens (tertiary/aromatic N) is 2. The molecule has 0 saturated heterocycles. The Labute approximate surface area is 127 Å². The third kappa shape index (κ3) is 3.69. The van der Waals surface area contributed by atoms with Gasteiger partial charge in [0.2, 0.25) is 0 Å². The quantitative estimate of drug-likeness (QED) is 0.840. The molecule has 2 heterocycles. The largest absolute Gasteiger partial charge is 0.394 e. The van der Waals surface area contributed by atoms with Crippen LogP contribution in [0.5, 0.6) is 0 Å². The number of nitrogens with one attached hydrogen (secondary N) is 1. The topological polar surface area (TPSA) is 76.4 Å². The third-order valence-corrected chi connectivity index (χ3v) is 3.85. The number of methoxy groups -OCH3 is 1. The van der Waals surface area contributed by atoms with Crippen LogP contribution in [0.4, 0.5) is 0 Å². The maximum Gasteiger partial charge on any atom is 0.268 e. The SMILES string of the molecule is COCC(CO)NC(=O)c1cc(-c2csc(C)n2)cn1C. The van der Waals surface area contributed by atoms with E-state index in [0.29, 0.717) is 5.69 Å². The van der Waals surface area contributed by atoms with Crippen molar-refractivity contribution in [1.29, 1.82) is 0 Å². The van der Waals surface area contributed by atoms with E-state index in [0.717, 1.165) is 16.3 Å². The fraction of sp³-hybridized carbons (Fsp3) is 0.429. The first-order valence-electron chi connectivity index (χ1n) is 6.54. The second-order valence-electron chi connectivity index (χ2n) is 4.78. The van der Waals surface area contributed by atoms with Crippen LogP contribution >= 0.6 is 11.3 Å². The van der Waals surface area contributed by atoms with Crippen molar-refractivity contribution in [2.45, 2.75) is 13.0 Å². The van der Waals surface area contributed by atoms with Gasteiger partial charge >= 0.3 is 0 Å². The highest BCUT2D eigenvalue weighted by atomic mass is 32.1. The van der Waals surface area contributed by atoms with Gasteiger partial charge in [0.05, 0.1) is 30.0 Å². The molecule has 114 valence electrons. The van der Waals surface area contributed by atoms with Gasteiger partial charge in [0, 0.05) is 31.3 Å². The van der Waals surface area contributed by atoms with Gasteiger partial charge in [0.25, 0.3) is 5.91 Å². The molecule has 21 heavy (non-hydrogen) atoms. The minimum Gasteiger partial charge on any atom is -0.394 e. The number of aliphatic hydroxyl groups is 1. The lowest BCUT2D eigenvalue weighted by atomic mass is 10.2. The van der Waals surface area contributed by atoms with Crippen LogP contribution in [0.2, 0.25) is 0 Å². The Kier molecular flexibility index (Phi) is 5.11. The number of thiazole rings is 1. The molecule has 7 heteroatoms. The molecule has 2 rings (SSSR count). The van der Waals surface area contributed by atoms with Gasteiger partial charge in [-0.2, -0.15) is 0 Å². The monoisotopic (exact) mass is 309 g/mol. The number of aliphatic hydroxyl groups excluding tert-OH is 1. The van der Waals surface area contributed by atoms with Crippen molar-refractivity contribution < 1.29 is 14.6 Å². The number of aryl methyl sites for hydroxylation is 2. The van der Waals surface area contributed by atoms with Crippen LogP contribution in [0.3, 0.4) is 0 Å². The molecule has 1 amide bonds. The summed E-state index contributed by atoms with van der Waals surface area (Å²) < 4.78 is 6.70. The van der Waals surface area contributed by atoms with Gasteiger partial charge in [0.1, 0.15) is 5.69 Å². The number of aromatic nitrogens is 2. The van der Waals surface area contributed by atoms with Gasteiger partial charge < -0.3 is 19.7 Å². The fourth-order valence-corrected chi connectivity index (χ4v) is 2.65. The molecule has 2 N–H and O–H groups in total. The summed E-state index contributed by atoms with van der Waals surface area (Å²) in [5, 5.41) is 14.9. The highest BCUT2D eigenvalue weighted by Crippen LogP contribution is 2.23. The van der Waals surface area contributed by atoms with E-state index in [1.807, 2.05) is 25.5 Å². The van der Waals surface area contributed by atoms with Gasteiger partial charge in [-0.15, -0.1) is 11.3 Å². The summed E-state index contributed by atoms with van der Waals surface area (Å²) in [7, 11) is 3.34. The number of ether oxygens (including phenoxy) is 1. The maximum atomic E-state index is 12.2. The number of carbonyl (C=O) groups excluding carboxylic acids is 1. The number of carbonyl (C=O) groups is 1. The van der Waals surface area contributed by atoms with E-state index >= 15 is 0 Å². The van der Waals surface area contributed by atoms with Gasteiger partial charge in [0.15, 0.2) is 0 Å². The van der Waals surface area contributed by atoms with Crippen LogP contribution in [0.15, 0.2) is 17.6 Å². The van der Waals surface area contributed by atoms with Gasteiger partial charge in [-0.25, -0.2) is 4.98 Å². The summed E-state index contributed by atoms with van der Waals surface area (Å²) in [6.07, 6.45) is 1.87. The first-order chi connectivity index (χ1) is 10.0. The molecule has 0 radical (unpaired) electrons. The van der Waals surface area contributed by atoms with E-state index in [4.69, 9.17) is 4.74 Å². The van der Waals surface area contributed by atoms with Crippen molar-refractivity contribution in [2.24, 2.45) is 7.05 Å². The molecule has 0 aromatic carbocycles. The molecule has 0 aliphatic heterocycles. The zero-order valence-corrected chi connectivity index (χ0v) is 13.1. The van der Waals surface area contributed by atoms with E-state index in [1.165, 1.54) is 7.11 Å². The summed E-state index contributed by atoms with van der Waals surface area (Å²) in [5.74, 6) is -0.244. The molecule has 0 spiro atoms. The summed E-state index contributed by atoms with van der Waals surface area (Å²) in [4.78, 5) is 16.7. The van der Waals surface area contributed by atoms with Crippen LogP contribution in [0.1, 0.15) is 15.5 Å². The molecular weight excluding hydrogens is 290 g/mol. The third-order valence-electron chi connectivity index (χ3n) is 3.08. The Morgan fingerprint density at radius 2 is 2.38 bits per heavy atom. The lowest BCUT2D eigenvalue weighted by molar-refractivity contribution is 0.0832. The Morgan fingerprint density at radius 1 is 1.62 bits per heavy atom. The van der Waals surface area contributed by atoms with Crippen LogP contribution in [0.25, 0.3) is 11.3 Å². The minimum atomic E-state index is -0.414. The molecule has 0 saturated carbocycles. The molecule has 0 aliphatic rings. The van der Waals surface area contributed by atoms with Crippen molar-refractivity contribution in [3.63, 3.8) is 0 Å². The molecule has 1 atom stereocenters. The second kappa shape index (κ2) is 6.84. The average Bonchev–Trinajstić information content (AvgIpc) is 3.04. The van der Waals surface area contributed by atoms with Gasteiger partial charge in [-0.3, -0.25) is 4.79 Å². The van der Waals surface area contributed by atoms with Crippen LogP contribution in [0, 0.1) is 6.92 Å². The summed E-state index contributed by atoms with van der Waals surface area (Å²) in [6, 6.07) is 1.38. The smallest absolute Gasteiger partial charge is 0.268 e. The Balaban J connectivity index is 2.16. The van der Waals surface area contributed by atoms with Gasteiger partial charge in [-0.1, -0.05) is 0 Å².